The molecule has 4 nitrogen and oxygen atoms in total. The Morgan fingerprint density at radius 2 is 1.67 bits per heavy atom. The summed E-state index contributed by atoms with van der Waals surface area (Å²) >= 11 is 0. The maximum Gasteiger partial charge on any atom is 0.335 e. The van der Waals surface area contributed by atoms with E-state index in [1.165, 1.54) is 25.0 Å². The van der Waals surface area contributed by atoms with Crippen LogP contribution in [-0.2, 0) is 0 Å². The fraction of sp³-hybridized carbons (Fsp3) is 0.529. The van der Waals surface area contributed by atoms with E-state index in [1.807, 2.05) is 4.90 Å². The molecule has 21 heavy (non-hydrogen) atoms. The summed E-state index contributed by atoms with van der Waals surface area (Å²) in [5.41, 5.74) is 0.787. The number of benzene rings is 1. The van der Waals surface area contributed by atoms with Gasteiger partial charge in [-0.2, -0.15) is 0 Å². The van der Waals surface area contributed by atoms with Crippen LogP contribution in [-0.4, -0.2) is 34.5 Å². The molecule has 0 aromatic heterocycles. The number of carboxylic acids is 1. The number of carboxylic acid groups (broad SMARTS) is 1. The first-order valence-corrected chi connectivity index (χ1v) is 7.63. The molecule has 1 aliphatic carbocycles. The lowest BCUT2D eigenvalue weighted by atomic mass is 10.1. The van der Waals surface area contributed by atoms with Gasteiger partial charge in [-0.25, -0.2) is 4.79 Å². The summed E-state index contributed by atoms with van der Waals surface area (Å²) in [6.07, 6.45) is 4.52. The van der Waals surface area contributed by atoms with Crippen molar-refractivity contribution in [2.24, 2.45) is 5.92 Å². The first-order valence-electron chi connectivity index (χ1n) is 7.63. The third kappa shape index (κ3) is 3.84. The van der Waals surface area contributed by atoms with Gasteiger partial charge in [-0.1, -0.05) is 26.7 Å². The molecule has 1 N–H and O–H groups in total. The molecular weight excluding hydrogens is 266 g/mol. The van der Waals surface area contributed by atoms with Gasteiger partial charge in [-0.3, -0.25) is 4.79 Å². The monoisotopic (exact) mass is 289 g/mol. The van der Waals surface area contributed by atoms with E-state index in [2.05, 4.69) is 13.8 Å². The van der Waals surface area contributed by atoms with Crippen LogP contribution in [0.4, 0.5) is 0 Å². The summed E-state index contributed by atoms with van der Waals surface area (Å²) in [4.78, 5) is 25.6. The molecule has 1 saturated carbocycles. The van der Waals surface area contributed by atoms with Gasteiger partial charge in [0.05, 0.1) is 5.56 Å². The summed E-state index contributed by atoms with van der Waals surface area (Å²) in [6.45, 7) is 4.98. The zero-order valence-electron chi connectivity index (χ0n) is 12.7. The summed E-state index contributed by atoms with van der Waals surface area (Å²) < 4.78 is 0. The van der Waals surface area contributed by atoms with Crippen LogP contribution in [0.1, 0.15) is 60.2 Å². The van der Waals surface area contributed by atoms with Crippen molar-refractivity contribution < 1.29 is 14.7 Å². The van der Waals surface area contributed by atoms with Crippen LogP contribution < -0.4 is 0 Å². The van der Waals surface area contributed by atoms with Gasteiger partial charge in [-0.05, 0) is 43.0 Å². The molecular formula is C17H23NO3. The van der Waals surface area contributed by atoms with Crippen molar-refractivity contribution in [2.75, 3.05) is 6.54 Å². The third-order valence-corrected chi connectivity index (χ3v) is 3.97. The second-order valence-corrected chi connectivity index (χ2v) is 6.17. The molecule has 1 amide bonds. The normalized spacial score (nSPS) is 15.4. The Labute approximate surface area is 125 Å². The Hall–Kier alpha value is -1.84. The lowest BCUT2D eigenvalue weighted by Gasteiger charge is -2.30. The number of hydrogen-bond acceptors (Lipinski definition) is 2. The summed E-state index contributed by atoms with van der Waals surface area (Å²) in [6, 6.07) is 6.57. The van der Waals surface area contributed by atoms with Gasteiger partial charge in [0, 0.05) is 18.2 Å². The number of aromatic carboxylic acids is 1. The largest absolute Gasteiger partial charge is 0.478 e. The number of hydrogen-bond donors (Lipinski definition) is 1. The van der Waals surface area contributed by atoms with Gasteiger partial charge in [0.2, 0.25) is 0 Å². The zero-order chi connectivity index (χ0) is 15.4. The first-order chi connectivity index (χ1) is 9.99. The van der Waals surface area contributed by atoms with Crippen molar-refractivity contribution in [3.05, 3.63) is 35.4 Å². The molecule has 1 aliphatic rings. The van der Waals surface area contributed by atoms with E-state index < -0.39 is 5.97 Å². The highest BCUT2D eigenvalue weighted by atomic mass is 16.4. The number of amides is 1. The van der Waals surface area contributed by atoms with Gasteiger partial charge >= 0.3 is 5.97 Å². The number of nitrogens with zero attached hydrogens (tertiary/aromatic N) is 1. The summed E-state index contributed by atoms with van der Waals surface area (Å²) in [5, 5.41) is 8.92. The van der Waals surface area contributed by atoms with Crippen molar-refractivity contribution in [2.45, 2.75) is 45.6 Å². The topological polar surface area (TPSA) is 57.6 Å². The molecule has 0 spiro atoms. The van der Waals surface area contributed by atoms with Gasteiger partial charge in [0.25, 0.3) is 5.91 Å². The lowest BCUT2D eigenvalue weighted by molar-refractivity contribution is 0.0651. The molecule has 0 saturated heterocycles. The second kappa shape index (κ2) is 6.74. The number of rotatable bonds is 5. The summed E-state index contributed by atoms with van der Waals surface area (Å²) in [7, 11) is 0. The zero-order valence-corrected chi connectivity index (χ0v) is 12.7. The predicted octanol–water partition coefficient (Wildman–Crippen LogP) is 3.43. The molecule has 1 aromatic rings. The van der Waals surface area contributed by atoms with Crippen LogP contribution >= 0.6 is 0 Å². The molecule has 4 heteroatoms. The molecule has 0 atom stereocenters. The molecule has 0 heterocycles. The van der Waals surface area contributed by atoms with Crippen molar-refractivity contribution in [3.63, 3.8) is 0 Å². The molecule has 2 rings (SSSR count). The average Bonchev–Trinajstić information content (AvgIpc) is 2.98. The van der Waals surface area contributed by atoms with Gasteiger partial charge in [-0.15, -0.1) is 0 Å². The van der Waals surface area contributed by atoms with Crippen LogP contribution in [0.5, 0.6) is 0 Å². The van der Waals surface area contributed by atoms with E-state index in [4.69, 9.17) is 5.11 Å². The highest BCUT2D eigenvalue weighted by Gasteiger charge is 2.27. The highest BCUT2D eigenvalue weighted by Crippen LogP contribution is 2.25. The molecule has 1 aromatic carbocycles. The number of carbonyl (C=O) groups is 2. The maximum absolute atomic E-state index is 12.7. The minimum Gasteiger partial charge on any atom is -0.478 e. The third-order valence-electron chi connectivity index (χ3n) is 3.97. The average molecular weight is 289 g/mol. The smallest absolute Gasteiger partial charge is 0.335 e. The molecule has 1 fully saturated rings. The number of carbonyl (C=O) groups excluding carboxylic acids is 1. The minimum atomic E-state index is -0.969. The minimum absolute atomic E-state index is 0.0209. The SMILES string of the molecule is CC(C)CN(C(=O)c1ccc(C(=O)O)cc1)C1CCCC1. The fourth-order valence-corrected chi connectivity index (χ4v) is 2.93. The summed E-state index contributed by atoms with van der Waals surface area (Å²) in [5.74, 6) is -0.524. The Bertz CT molecular complexity index is 501. The van der Waals surface area contributed by atoms with Crippen molar-refractivity contribution >= 4 is 11.9 Å². The molecule has 114 valence electrons. The fourth-order valence-electron chi connectivity index (χ4n) is 2.93. The molecule has 0 radical (unpaired) electrons. The van der Waals surface area contributed by atoms with Gasteiger partial charge in [0.15, 0.2) is 0 Å². The molecule has 0 unspecified atom stereocenters. The van der Waals surface area contributed by atoms with E-state index in [0.29, 0.717) is 17.5 Å². The van der Waals surface area contributed by atoms with Crippen molar-refractivity contribution in [1.29, 1.82) is 0 Å². The van der Waals surface area contributed by atoms with Crippen LogP contribution in [0.2, 0.25) is 0 Å². The standard InChI is InChI=1S/C17H23NO3/c1-12(2)11-18(15-5-3-4-6-15)16(19)13-7-9-14(10-8-13)17(20)21/h7-10,12,15H,3-6,11H2,1-2H3,(H,20,21). The van der Waals surface area contributed by atoms with E-state index in [1.54, 1.807) is 12.1 Å². The van der Waals surface area contributed by atoms with E-state index in [9.17, 15) is 9.59 Å². The van der Waals surface area contributed by atoms with Crippen molar-refractivity contribution in [3.8, 4) is 0 Å². The second-order valence-electron chi connectivity index (χ2n) is 6.17. The van der Waals surface area contributed by atoms with Crippen LogP contribution in [0, 0.1) is 5.92 Å². The van der Waals surface area contributed by atoms with E-state index >= 15 is 0 Å². The van der Waals surface area contributed by atoms with Crippen LogP contribution in [0.15, 0.2) is 24.3 Å². The Morgan fingerprint density at radius 3 is 2.14 bits per heavy atom. The van der Waals surface area contributed by atoms with Crippen LogP contribution in [0.3, 0.4) is 0 Å². The predicted molar refractivity (Wildman–Crippen MR) is 81.5 cm³/mol. The van der Waals surface area contributed by atoms with Crippen molar-refractivity contribution in [1.82, 2.24) is 4.90 Å². The first kappa shape index (κ1) is 15.5. The van der Waals surface area contributed by atoms with Gasteiger partial charge in [0.1, 0.15) is 0 Å². The Kier molecular flexibility index (Phi) is 4.99. The highest BCUT2D eigenvalue weighted by molar-refractivity contribution is 5.96. The molecule has 0 bridgehead atoms. The quantitative estimate of drug-likeness (QED) is 0.903. The van der Waals surface area contributed by atoms with E-state index in [-0.39, 0.29) is 11.5 Å². The van der Waals surface area contributed by atoms with Crippen LogP contribution in [0.25, 0.3) is 0 Å². The Morgan fingerprint density at radius 1 is 1.14 bits per heavy atom. The lowest BCUT2D eigenvalue weighted by Crippen LogP contribution is -2.41. The van der Waals surface area contributed by atoms with Gasteiger partial charge < -0.3 is 10.0 Å². The molecule has 0 aliphatic heterocycles. The maximum atomic E-state index is 12.7. The van der Waals surface area contributed by atoms with E-state index in [0.717, 1.165) is 19.4 Å². The Balaban J connectivity index is 2.18.